The smallest absolute Gasteiger partial charge is 0.378 e. The number of rotatable bonds is 6. The maximum atomic E-state index is 13.4. The lowest BCUT2D eigenvalue weighted by molar-refractivity contribution is -0.686. The summed E-state index contributed by atoms with van der Waals surface area (Å²) < 4.78 is 29.4. The van der Waals surface area contributed by atoms with Gasteiger partial charge in [-0.05, 0) is 24.8 Å². The van der Waals surface area contributed by atoms with Crippen molar-refractivity contribution in [2.45, 2.75) is 51.6 Å². The molecule has 2 aromatic heterocycles. The minimum Gasteiger partial charge on any atom is -0.477 e. The van der Waals surface area contributed by atoms with Gasteiger partial charge in [0.15, 0.2) is 0 Å². The van der Waals surface area contributed by atoms with Gasteiger partial charge in [-0.2, -0.15) is 4.57 Å². The molecule has 0 unspecified atom stereocenters. The highest BCUT2D eigenvalue weighted by Crippen LogP contribution is 2.27. The normalized spacial score (nSPS) is 18.2. The molecule has 0 atom stereocenters. The van der Waals surface area contributed by atoms with Crippen LogP contribution < -0.4 is 15.4 Å². The number of hydrogen-bond donors (Lipinski definition) is 3. The highest BCUT2D eigenvalue weighted by molar-refractivity contribution is 5.96. The monoisotopic (exact) mass is 450 g/mol. The number of hydrogen-bond acceptors (Lipinski definition) is 4. The number of nitrogens with one attached hydrogen (secondary N) is 2. The third-order valence-electron chi connectivity index (χ3n) is 5.55. The molecule has 11 heteroatoms. The average Bonchev–Trinajstić information content (AvgIpc) is 3.29. The third-order valence-corrected chi connectivity index (χ3v) is 5.55. The van der Waals surface area contributed by atoms with Crippen LogP contribution in [0.2, 0.25) is 0 Å². The summed E-state index contributed by atoms with van der Waals surface area (Å²) in [7, 11) is 0. The topological polar surface area (TPSA) is 111 Å². The van der Waals surface area contributed by atoms with Gasteiger partial charge < -0.3 is 15.3 Å². The molecule has 3 N–H and O–H groups in total. The first-order valence-electron chi connectivity index (χ1n) is 10.6. The Balaban J connectivity index is 1.74. The van der Waals surface area contributed by atoms with Crippen molar-refractivity contribution < 1.29 is 28.0 Å². The molecule has 0 spiro atoms. The Labute approximate surface area is 182 Å². The van der Waals surface area contributed by atoms with Crippen LogP contribution in [0.15, 0.2) is 17.1 Å². The van der Waals surface area contributed by atoms with Gasteiger partial charge in [-0.3, -0.25) is 9.59 Å². The van der Waals surface area contributed by atoms with Crippen LogP contribution in [0.4, 0.5) is 8.78 Å². The molecule has 9 nitrogen and oxygen atoms in total. The summed E-state index contributed by atoms with van der Waals surface area (Å²) in [5.74, 6) is -4.49. The molecule has 2 fully saturated rings. The Kier molecular flexibility index (Phi) is 5.51. The quantitative estimate of drug-likeness (QED) is 0.451. The van der Waals surface area contributed by atoms with Crippen molar-refractivity contribution in [1.29, 1.82) is 0 Å². The molecule has 1 aliphatic heterocycles. The van der Waals surface area contributed by atoms with E-state index in [1.54, 1.807) is 0 Å². The van der Waals surface area contributed by atoms with Gasteiger partial charge in [0.25, 0.3) is 11.8 Å². The lowest BCUT2D eigenvalue weighted by atomic mass is 10.2. The number of aromatic hydroxyl groups is 1. The molecule has 1 saturated carbocycles. The highest BCUT2D eigenvalue weighted by Gasteiger charge is 2.40. The predicted octanol–water partition coefficient (Wildman–Crippen LogP) is 1.05. The molecule has 0 radical (unpaired) electrons. The van der Waals surface area contributed by atoms with Crippen molar-refractivity contribution in [3.05, 3.63) is 33.8 Å². The van der Waals surface area contributed by atoms with Crippen LogP contribution in [0, 0.1) is 5.92 Å². The van der Waals surface area contributed by atoms with Crippen molar-refractivity contribution >= 4 is 23.5 Å². The van der Waals surface area contributed by atoms with Crippen LogP contribution >= 0.6 is 0 Å². The van der Waals surface area contributed by atoms with Gasteiger partial charge in [0.05, 0.1) is 24.8 Å². The second-order valence-electron chi connectivity index (χ2n) is 8.84. The summed E-state index contributed by atoms with van der Waals surface area (Å²) in [5.41, 5.74) is -0.421. The summed E-state index contributed by atoms with van der Waals surface area (Å²) in [4.78, 5) is 39.0. The Bertz CT molecular complexity index is 1160. The number of carbonyl (C=O) groups excluding carboxylic acids is 2. The highest BCUT2D eigenvalue weighted by atomic mass is 19.3. The molecule has 172 valence electrons. The molecule has 1 aliphatic carbocycles. The van der Waals surface area contributed by atoms with Crippen LogP contribution in [-0.2, 0) is 11.3 Å². The van der Waals surface area contributed by atoms with Crippen molar-refractivity contribution in [1.82, 2.24) is 19.8 Å². The fraction of sp³-hybridized carbons (Fsp3) is 0.524. The van der Waals surface area contributed by atoms with Crippen molar-refractivity contribution in [3.63, 3.8) is 0 Å². The number of alkyl halides is 2. The van der Waals surface area contributed by atoms with Crippen molar-refractivity contribution in [2.24, 2.45) is 5.92 Å². The van der Waals surface area contributed by atoms with E-state index in [4.69, 9.17) is 0 Å². The number of H-pyrrole nitrogens is 1. The largest absolute Gasteiger partial charge is 0.477 e. The van der Waals surface area contributed by atoms with Gasteiger partial charge in [-0.1, -0.05) is 18.4 Å². The fourth-order valence-electron chi connectivity index (χ4n) is 3.80. The molecule has 1 saturated heterocycles. The Morgan fingerprint density at radius 3 is 2.72 bits per heavy atom. The molecule has 3 heterocycles. The first-order chi connectivity index (χ1) is 15.1. The molecule has 0 aromatic carbocycles. The molecule has 2 aromatic rings. The molecule has 0 bridgehead atoms. The van der Waals surface area contributed by atoms with Gasteiger partial charge in [0.1, 0.15) is 0 Å². The van der Waals surface area contributed by atoms with Gasteiger partial charge in [0, 0.05) is 25.1 Å². The van der Waals surface area contributed by atoms with Gasteiger partial charge in [-0.15, -0.1) is 0 Å². The van der Waals surface area contributed by atoms with Gasteiger partial charge >= 0.3 is 17.1 Å². The number of aromatic nitrogens is 3. The number of fused-ring (bicyclic) bond motifs is 1. The van der Waals surface area contributed by atoms with E-state index in [1.807, 2.05) is 13.8 Å². The molecule has 4 rings (SSSR count). The van der Waals surface area contributed by atoms with E-state index in [1.165, 1.54) is 22.9 Å². The first-order valence-corrected chi connectivity index (χ1v) is 10.6. The van der Waals surface area contributed by atoms with Crippen LogP contribution in [0.1, 0.15) is 49.0 Å². The first kappa shape index (κ1) is 22.0. The third kappa shape index (κ3) is 4.23. The predicted molar refractivity (Wildman–Crippen MR) is 110 cm³/mol. The molecule has 2 amide bonds. The van der Waals surface area contributed by atoms with E-state index in [9.17, 15) is 28.3 Å². The molecular formula is C21H26F2N5O4+. The summed E-state index contributed by atoms with van der Waals surface area (Å²) in [6.45, 7) is 3.47. The minimum atomic E-state index is -2.89. The molecule has 2 aliphatic rings. The van der Waals surface area contributed by atoms with E-state index in [0.29, 0.717) is 12.1 Å². The zero-order chi connectivity index (χ0) is 23.2. The van der Waals surface area contributed by atoms with Crippen LogP contribution in [0.3, 0.4) is 0 Å². The van der Waals surface area contributed by atoms with E-state index in [-0.39, 0.29) is 36.1 Å². The summed E-state index contributed by atoms with van der Waals surface area (Å²) in [6, 6.07) is 0.00617. The zero-order valence-electron chi connectivity index (χ0n) is 17.9. The Morgan fingerprint density at radius 2 is 2.12 bits per heavy atom. The van der Waals surface area contributed by atoms with Gasteiger partial charge in [0.2, 0.25) is 11.5 Å². The summed E-state index contributed by atoms with van der Waals surface area (Å²) in [6.07, 6.45) is 5.32. The molecular weight excluding hydrogens is 424 g/mol. The van der Waals surface area contributed by atoms with Crippen molar-refractivity contribution in [2.75, 3.05) is 13.1 Å². The van der Waals surface area contributed by atoms with E-state index in [2.05, 4.69) is 10.4 Å². The lowest BCUT2D eigenvalue weighted by Gasteiger charge is -2.13. The minimum absolute atomic E-state index is 0.00617. The Morgan fingerprint density at radius 1 is 1.41 bits per heavy atom. The van der Waals surface area contributed by atoms with Gasteiger partial charge in [-0.25, -0.2) is 18.7 Å². The number of aromatic amines is 1. The Hall–Kier alpha value is -3.24. The summed E-state index contributed by atoms with van der Waals surface area (Å²) >= 11 is 0. The van der Waals surface area contributed by atoms with Crippen molar-refractivity contribution in [3.8, 4) is 5.88 Å². The second-order valence-corrected chi connectivity index (χ2v) is 8.84. The number of likely N-dealkylation sites (tertiary alicyclic amines) is 1. The number of carbonyl (C=O) groups is 2. The fourth-order valence-corrected chi connectivity index (χ4v) is 3.80. The van der Waals surface area contributed by atoms with E-state index >= 15 is 0 Å². The SMILES string of the molecule is CC(C)C[n+]1c(O)c(C(=O)NC2CC2)c(=O)n2[nH]cc(/C=C/C(=O)N3CCC(F)(F)C3)c21. The van der Waals surface area contributed by atoms with E-state index in [0.717, 1.165) is 22.3 Å². The number of halogens is 2. The van der Waals surface area contributed by atoms with E-state index < -0.39 is 35.7 Å². The van der Waals surface area contributed by atoms with Crippen LogP contribution in [0.25, 0.3) is 11.7 Å². The lowest BCUT2D eigenvalue weighted by Crippen LogP contribution is -2.46. The standard InChI is InChI=1S/C21H25F2N5O4/c1-12(2)10-27-18-13(3-6-15(29)26-8-7-21(22,23)11-26)9-24-28(18)20(32)16(19(27)31)17(30)25-14-4-5-14/h3,6,9,12,14H,4-5,7-8,10-11H2,1-2H3,(H2,25,30,31,32)/p+1/b6-3+. The number of nitrogens with zero attached hydrogens (tertiary/aromatic N) is 3. The average molecular weight is 450 g/mol. The second kappa shape index (κ2) is 8.03. The maximum Gasteiger partial charge on any atom is 0.378 e. The zero-order valence-corrected chi connectivity index (χ0v) is 17.9. The number of amides is 2. The summed E-state index contributed by atoms with van der Waals surface area (Å²) in [5, 5.41) is 16.3. The van der Waals surface area contributed by atoms with Crippen LogP contribution in [0.5, 0.6) is 5.88 Å². The molecule has 32 heavy (non-hydrogen) atoms. The van der Waals surface area contributed by atoms with Crippen LogP contribution in [-0.4, -0.2) is 56.5 Å². The maximum absolute atomic E-state index is 13.4.